The smallest absolute Gasteiger partial charge is 0.179 e. The monoisotopic (exact) mass is 281 g/mol. The number of hydrogen-bond acceptors (Lipinski definition) is 3. The Morgan fingerprint density at radius 2 is 2.05 bits per heavy atom. The number of benzene rings is 1. The van der Waals surface area contributed by atoms with Gasteiger partial charge in [-0.05, 0) is 37.1 Å². The van der Waals surface area contributed by atoms with Gasteiger partial charge in [0.15, 0.2) is 9.84 Å². The van der Waals surface area contributed by atoms with Crippen molar-refractivity contribution in [3.63, 3.8) is 0 Å². The zero-order valence-corrected chi connectivity index (χ0v) is 12.5. The third-order valence-corrected chi connectivity index (χ3v) is 5.78. The number of fused-ring (bicyclic) bond motifs is 1. The van der Waals surface area contributed by atoms with Crippen LogP contribution in [0.3, 0.4) is 0 Å². The first-order valence-corrected chi connectivity index (χ1v) is 8.77. The highest BCUT2D eigenvalue weighted by molar-refractivity contribution is 7.91. The van der Waals surface area contributed by atoms with Crippen LogP contribution in [0.2, 0.25) is 0 Å². The molecule has 0 aromatic heterocycles. The van der Waals surface area contributed by atoms with Crippen LogP contribution in [0.4, 0.5) is 0 Å². The minimum atomic E-state index is -3.07. The number of nitrogens with one attached hydrogen (secondary N) is 1. The zero-order chi connectivity index (χ0) is 13.9. The zero-order valence-electron chi connectivity index (χ0n) is 11.7. The van der Waals surface area contributed by atoms with Crippen LogP contribution in [-0.4, -0.2) is 27.3 Å². The van der Waals surface area contributed by atoms with E-state index < -0.39 is 9.84 Å². The van der Waals surface area contributed by atoms with Gasteiger partial charge in [0, 0.05) is 5.92 Å². The Bertz CT molecular complexity index is 525. The fourth-order valence-corrected chi connectivity index (χ4v) is 4.99. The third-order valence-electron chi connectivity index (χ3n) is 3.94. The van der Waals surface area contributed by atoms with Crippen LogP contribution >= 0.6 is 0 Å². The van der Waals surface area contributed by atoms with Crippen molar-refractivity contribution in [1.82, 2.24) is 5.32 Å². The van der Waals surface area contributed by atoms with Crippen LogP contribution in [0.25, 0.3) is 0 Å². The number of rotatable bonds is 6. The van der Waals surface area contributed by atoms with E-state index in [4.69, 9.17) is 0 Å². The predicted octanol–water partition coefficient (Wildman–Crippen LogP) is 2.58. The van der Waals surface area contributed by atoms with E-state index in [1.165, 1.54) is 0 Å². The Balaban J connectivity index is 2.30. The molecule has 1 aromatic carbocycles. The second kappa shape index (κ2) is 6.06. The Morgan fingerprint density at radius 1 is 1.32 bits per heavy atom. The second-order valence-electron chi connectivity index (χ2n) is 5.28. The van der Waals surface area contributed by atoms with Gasteiger partial charge in [-0.2, -0.15) is 0 Å². The molecule has 1 aliphatic heterocycles. The molecule has 1 heterocycles. The summed E-state index contributed by atoms with van der Waals surface area (Å²) in [7, 11) is -3.07. The minimum absolute atomic E-state index is 0.153. The van der Waals surface area contributed by atoms with Crippen molar-refractivity contribution in [2.24, 2.45) is 5.92 Å². The lowest BCUT2D eigenvalue weighted by atomic mass is 9.84. The van der Waals surface area contributed by atoms with Crippen LogP contribution in [0.1, 0.15) is 38.2 Å². The molecule has 0 saturated heterocycles. The van der Waals surface area contributed by atoms with Gasteiger partial charge in [-0.25, -0.2) is 8.42 Å². The molecule has 4 heteroatoms. The minimum Gasteiger partial charge on any atom is -0.317 e. The molecule has 1 N–H and O–H groups in total. The Morgan fingerprint density at radius 3 is 2.74 bits per heavy atom. The van der Waals surface area contributed by atoms with Crippen molar-refractivity contribution in [2.45, 2.75) is 37.5 Å². The van der Waals surface area contributed by atoms with E-state index in [0.717, 1.165) is 31.5 Å². The van der Waals surface area contributed by atoms with E-state index in [1.54, 1.807) is 6.07 Å². The van der Waals surface area contributed by atoms with Crippen molar-refractivity contribution < 1.29 is 8.42 Å². The molecule has 0 saturated carbocycles. The van der Waals surface area contributed by atoms with E-state index in [2.05, 4.69) is 19.2 Å². The van der Waals surface area contributed by atoms with E-state index in [0.29, 0.717) is 10.8 Å². The number of hydrogen-bond donors (Lipinski definition) is 1. The maximum atomic E-state index is 12.2. The van der Waals surface area contributed by atoms with Gasteiger partial charge in [0.25, 0.3) is 0 Å². The fraction of sp³-hybridized carbons (Fsp3) is 0.600. The summed E-state index contributed by atoms with van der Waals surface area (Å²) < 4.78 is 24.5. The highest BCUT2D eigenvalue weighted by atomic mass is 32.2. The average Bonchev–Trinajstić information content (AvgIpc) is 2.67. The highest BCUT2D eigenvalue weighted by Gasteiger charge is 2.38. The van der Waals surface area contributed by atoms with E-state index in [9.17, 15) is 8.42 Å². The molecular weight excluding hydrogens is 258 g/mol. The van der Waals surface area contributed by atoms with Crippen molar-refractivity contribution in [1.29, 1.82) is 0 Å². The summed E-state index contributed by atoms with van der Waals surface area (Å²) in [6.07, 6.45) is 2.16. The molecule has 19 heavy (non-hydrogen) atoms. The summed E-state index contributed by atoms with van der Waals surface area (Å²) in [6.45, 7) is 6.08. The molecule has 0 aliphatic carbocycles. The van der Waals surface area contributed by atoms with E-state index >= 15 is 0 Å². The standard InChI is InChI=1S/C15H23NO2S/c1-3-7-12(10-16-4-2)14-11-19(17,18)15-9-6-5-8-13(14)15/h5-6,8-9,12,14,16H,3-4,7,10-11H2,1-2H3. The second-order valence-corrected chi connectivity index (χ2v) is 7.28. The third kappa shape index (κ3) is 3.00. The summed E-state index contributed by atoms with van der Waals surface area (Å²) >= 11 is 0. The normalized spacial score (nSPS) is 22.1. The first-order chi connectivity index (χ1) is 9.10. The molecule has 0 amide bonds. The van der Waals surface area contributed by atoms with Crippen molar-refractivity contribution in [3.05, 3.63) is 29.8 Å². The van der Waals surface area contributed by atoms with Gasteiger partial charge in [0.05, 0.1) is 10.6 Å². The van der Waals surface area contributed by atoms with Crippen molar-refractivity contribution >= 4 is 9.84 Å². The van der Waals surface area contributed by atoms with Gasteiger partial charge in [-0.3, -0.25) is 0 Å². The van der Waals surface area contributed by atoms with Gasteiger partial charge >= 0.3 is 0 Å². The molecule has 0 spiro atoms. The molecular formula is C15H23NO2S. The summed E-state index contributed by atoms with van der Waals surface area (Å²) in [5, 5.41) is 3.37. The molecule has 2 atom stereocenters. The predicted molar refractivity (Wildman–Crippen MR) is 78.2 cm³/mol. The number of sulfone groups is 1. The largest absolute Gasteiger partial charge is 0.317 e. The lowest BCUT2D eigenvalue weighted by Gasteiger charge is -2.23. The van der Waals surface area contributed by atoms with Crippen LogP contribution in [0, 0.1) is 5.92 Å². The maximum Gasteiger partial charge on any atom is 0.179 e. The lowest BCUT2D eigenvalue weighted by molar-refractivity contribution is 0.391. The molecule has 2 unspecified atom stereocenters. The molecule has 1 aliphatic rings. The quantitative estimate of drug-likeness (QED) is 0.872. The molecule has 1 aromatic rings. The Labute approximate surface area is 116 Å². The van der Waals surface area contributed by atoms with Crippen LogP contribution in [-0.2, 0) is 9.84 Å². The van der Waals surface area contributed by atoms with Gasteiger partial charge in [-0.1, -0.05) is 38.5 Å². The van der Waals surface area contributed by atoms with E-state index in [-0.39, 0.29) is 11.7 Å². The summed E-state index contributed by atoms with van der Waals surface area (Å²) in [4.78, 5) is 0.553. The Hall–Kier alpha value is -0.870. The Kier molecular flexibility index (Phi) is 4.63. The summed E-state index contributed by atoms with van der Waals surface area (Å²) in [5.74, 6) is 0.839. The maximum absolute atomic E-state index is 12.2. The first-order valence-electron chi connectivity index (χ1n) is 7.12. The van der Waals surface area contributed by atoms with Crippen LogP contribution < -0.4 is 5.32 Å². The van der Waals surface area contributed by atoms with Crippen LogP contribution in [0.5, 0.6) is 0 Å². The first kappa shape index (κ1) is 14.5. The van der Waals surface area contributed by atoms with Gasteiger partial charge in [0.1, 0.15) is 0 Å². The lowest BCUT2D eigenvalue weighted by Crippen LogP contribution is -2.28. The molecule has 0 radical (unpaired) electrons. The topological polar surface area (TPSA) is 46.2 Å². The SMILES string of the molecule is CCCC(CNCC)C1CS(=O)(=O)c2ccccc21. The van der Waals surface area contributed by atoms with Gasteiger partial charge < -0.3 is 5.32 Å². The molecule has 2 rings (SSSR count). The highest BCUT2D eigenvalue weighted by Crippen LogP contribution is 2.40. The van der Waals surface area contributed by atoms with Crippen molar-refractivity contribution in [2.75, 3.05) is 18.8 Å². The summed E-state index contributed by atoms with van der Waals surface area (Å²) in [5.41, 5.74) is 1.03. The van der Waals surface area contributed by atoms with Gasteiger partial charge in [-0.15, -0.1) is 0 Å². The average molecular weight is 281 g/mol. The summed E-state index contributed by atoms with van der Waals surface area (Å²) in [6, 6.07) is 7.50. The fourth-order valence-electron chi connectivity index (χ4n) is 3.02. The molecule has 0 fully saturated rings. The molecule has 106 valence electrons. The molecule has 0 bridgehead atoms. The van der Waals surface area contributed by atoms with Crippen molar-refractivity contribution in [3.8, 4) is 0 Å². The van der Waals surface area contributed by atoms with E-state index in [1.807, 2.05) is 18.2 Å². The molecule has 3 nitrogen and oxygen atoms in total. The van der Waals surface area contributed by atoms with Crippen LogP contribution in [0.15, 0.2) is 29.2 Å². The van der Waals surface area contributed by atoms with Gasteiger partial charge in [0.2, 0.25) is 0 Å².